The summed E-state index contributed by atoms with van der Waals surface area (Å²) < 4.78 is 5.40. The van der Waals surface area contributed by atoms with E-state index < -0.39 is 5.60 Å². The average Bonchev–Trinajstić information content (AvgIpc) is 2.66. The Morgan fingerprint density at radius 2 is 1.70 bits per heavy atom. The average molecular weight is 397 g/mol. The Morgan fingerprint density at radius 1 is 1.07 bits per heavy atom. The van der Waals surface area contributed by atoms with Gasteiger partial charge in [-0.3, -0.25) is 14.5 Å². The molecule has 2 heterocycles. The van der Waals surface area contributed by atoms with E-state index in [4.69, 9.17) is 4.74 Å². The second kappa shape index (κ2) is 9.53. The maximum Gasteiger partial charge on any atom is 0.229 e. The summed E-state index contributed by atoms with van der Waals surface area (Å²) in [5.41, 5.74) is -0.00583. The monoisotopic (exact) mass is 396 g/mol. The maximum atomic E-state index is 11.8. The summed E-state index contributed by atoms with van der Waals surface area (Å²) in [6, 6.07) is 7.65. The molecule has 3 rings (SSSR count). The molecule has 0 spiro atoms. The second-order valence-corrected chi connectivity index (χ2v) is 7.22. The number of benzene rings is 1. The fraction of sp³-hybridized carbons (Fsp3) is 0.600. The molecular weight excluding hydrogens is 368 g/mol. The summed E-state index contributed by atoms with van der Waals surface area (Å²) in [6.45, 7) is 2.91. The number of ether oxygens (including phenoxy) is 1. The summed E-state index contributed by atoms with van der Waals surface area (Å²) in [7, 11) is 1.63. The lowest BCUT2D eigenvalue weighted by Gasteiger charge is -2.39. The third-order valence-electron chi connectivity index (χ3n) is 5.53. The molecule has 0 bridgehead atoms. The first kappa shape index (κ1) is 21.7. The molecule has 2 aliphatic rings. The van der Waals surface area contributed by atoms with Crippen LogP contribution in [0.5, 0.6) is 5.75 Å². The van der Waals surface area contributed by atoms with E-state index in [0.29, 0.717) is 38.6 Å². The lowest BCUT2D eigenvalue weighted by molar-refractivity contribution is -0.148. The van der Waals surface area contributed by atoms with Crippen molar-refractivity contribution in [3.05, 3.63) is 29.8 Å². The molecule has 2 saturated heterocycles. The zero-order valence-corrected chi connectivity index (χ0v) is 16.7. The molecule has 6 nitrogen and oxygen atoms in total. The minimum absolute atomic E-state index is 0. The smallest absolute Gasteiger partial charge is 0.229 e. The third-order valence-corrected chi connectivity index (χ3v) is 5.53. The van der Waals surface area contributed by atoms with Crippen LogP contribution >= 0.6 is 12.4 Å². The normalized spacial score (nSPS) is 20.3. The Hall–Kier alpha value is -1.63. The molecule has 0 aliphatic carbocycles. The number of imide groups is 1. The molecule has 2 fully saturated rings. The van der Waals surface area contributed by atoms with E-state index in [-0.39, 0.29) is 24.2 Å². The Morgan fingerprint density at radius 3 is 2.33 bits per heavy atom. The van der Waals surface area contributed by atoms with Crippen LogP contribution in [0, 0.1) is 0 Å². The van der Waals surface area contributed by atoms with E-state index in [0.717, 1.165) is 37.4 Å². The Bertz CT molecular complexity index is 643. The van der Waals surface area contributed by atoms with Crippen molar-refractivity contribution in [3.8, 4) is 5.75 Å². The van der Waals surface area contributed by atoms with Crippen molar-refractivity contribution in [2.45, 2.75) is 44.1 Å². The highest BCUT2D eigenvalue weighted by Crippen LogP contribution is 2.37. The number of hydrogen-bond acceptors (Lipinski definition) is 5. The van der Waals surface area contributed by atoms with Gasteiger partial charge in [0.1, 0.15) is 5.75 Å². The van der Waals surface area contributed by atoms with Gasteiger partial charge in [-0.25, -0.2) is 0 Å². The first-order chi connectivity index (χ1) is 12.5. The second-order valence-electron chi connectivity index (χ2n) is 7.22. The highest BCUT2D eigenvalue weighted by molar-refractivity contribution is 5.97. The van der Waals surface area contributed by atoms with Gasteiger partial charge in [0.15, 0.2) is 0 Å². The fourth-order valence-electron chi connectivity index (χ4n) is 3.95. The molecule has 2 aliphatic heterocycles. The number of carbonyl (C=O) groups excluding carboxylic acids is 2. The van der Waals surface area contributed by atoms with Gasteiger partial charge in [-0.05, 0) is 38.3 Å². The molecule has 0 saturated carbocycles. The summed E-state index contributed by atoms with van der Waals surface area (Å²) in [4.78, 5) is 27.4. The lowest BCUT2D eigenvalue weighted by Crippen LogP contribution is -2.45. The van der Waals surface area contributed by atoms with Gasteiger partial charge < -0.3 is 14.7 Å². The zero-order valence-electron chi connectivity index (χ0n) is 15.9. The molecule has 0 aromatic heterocycles. The number of likely N-dealkylation sites (tertiary alicyclic amines) is 2. The molecule has 1 aromatic carbocycles. The minimum atomic E-state index is -0.859. The third kappa shape index (κ3) is 5.00. The van der Waals surface area contributed by atoms with Gasteiger partial charge in [-0.1, -0.05) is 18.2 Å². The molecule has 27 heavy (non-hydrogen) atoms. The Kier molecular flexibility index (Phi) is 7.65. The van der Waals surface area contributed by atoms with Crippen LogP contribution in [0.25, 0.3) is 0 Å². The molecule has 0 unspecified atom stereocenters. The standard InChI is InChI=1S/C20H28N2O4.ClH/c1-26-17-7-3-2-6-16(17)20(25)10-14-21(15-11-20)12-5-13-22-18(23)8-4-9-19(22)24;/h2-3,6-7,25H,4-5,8-15H2,1H3;1H. The van der Waals surface area contributed by atoms with Gasteiger partial charge in [0.25, 0.3) is 0 Å². The SMILES string of the molecule is COc1ccccc1C1(O)CCN(CCCN2C(=O)CCCC2=O)CC1.Cl. The number of rotatable bonds is 6. The molecule has 0 radical (unpaired) electrons. The van der Waals surface area contributed by atoms with E-state index in [9.17, 15) is 14.7 Å². The van der Waals surface area contributed by atoms with Gasteiger partial charge in [-0.15, -0.1) is 12.4 Å². The molecule has 1 aromatic rings. The number of halogens is 1. The topological polar surface area (TPSA) is 70.1 Å². The molecule has 7 heteroatoms. The Balaban J connectivity index is 0.00000261. The van der Waals surface area contributed by atoms with Crippen LogP contribution < -0.4 is 4.74 Å². The van der Waals surface area contributed by atoms with E-state index in [1.807, 2.05) is 24.3 Å². The van der Waals surface area contributed by atoms with Crippen LogP contribution in [-0.4, -0.2) is 60.0 Å². The van der Waals surface area contributed by atoms with Crippen molar-refractivity contribution in [1.82, 2.24) is 9.80 Å². The number of methoxy groups -OCH3 is 1. The number of aliphatic hydroxyl groups is 1. The number of nitrogens with zero attached hydrogens (tertiary/aromatic N) is 2. The summed E-state index contributed by atoms with van der Waals surface area (Å²) in [6.07, 6.45) is 3.74. The predicted molar refractivity (Wildman–Crippen MR) is 105 cm³/mol. The highest BCUT2D eigenvalue weighted by Gasteiger charge is 2.36. The number of amides is 2. The maximum absolute atomic E-state index is 11.8. The number of hydrogen-bond donors (Lipinski definition) is 1. The van der Waals surface area contributed by atoms with E-state index in [1.165, 1.54) is 4.90 Å². The molecular formula is C20H29ClN2O4. The molecule has 0 atom stereocenters. The highest BCUT2D eigenvalue weighted by atomic mass is 35.5. The van der Waals surface area contributed by atoms with Crippen molar-refractivity contribution >= 4 is 24.2 Å². The molecule has 150 valence electrons. The first-order valence-electron chi connectivity index (χ1n) is 9.45. The van der Waals surface area contributed by atoms with Crippen LogP contribution in [0.1, 0.15) is 44.1 Å². The lowest BCUT2D eigenvalue weighted by atomic mass is 9.84. The van der Waals surface area contributed by atoms with Crippen LogP contribution in [0.4, 0.5) is 0 Å². The van der Waals surface area contributed by atoms with Gasteiger partial charge in [0.2, 0.25) is 11.8 Å². The van der Waals surface area contributed by atoms with E-state index in [1.54, 1.807) is 7.11 Å². The number of para-hydroxylation sites is 1. The Labute approximate surface area is 166 Å². The number of piperidine rings is 2. The first-order valence-corrected chi connectivity index (χ1v) is 9.45. The van der Waals surface area contributed by atoms with Crippen LogP contribution in [-0.2, 0) is 15.2 Å². The van der Waals surface area contributed by atoms with Crippen molar-refractivity contribution in [2.75, 3.05) is 33.3 Å². The summed E-state index contributed by atoms with van der Waals surface area (Å²) in [5.74, 6) is 0.654. The number of carbonyl (C=O) groups is 2. The zero-order chi connectivity index (χ0) is 18.6. The minimum Gasteiger partial charge on any atom is -0.496 e. The van der Waals surface area contributed by atoms with Crippen molar-refractivity contribution < 1.29 is 19.4 Å². The van der Waals surface area contributed by atoms with Gasteiger partial charge >= 0.3 is 0 Å². The fourth-order valence-corrected chi connectivity index (χ4v) is 3.95. The van der Waals surface area contributed by atoms with Gasteiger partial charge in [-0.2, -0.15) is 0 Å². The van der Waals surface area contributed by atoms with Crippen LogP contribution in [0.3, 0.4) is 0 Å². The quantitative estimate of drug-likeness (QED) is 0.747. The summed E-state index contributed by atoms with van der Waals surface area (Å²) >= 11 is 0. The molecule has 1 N–H and O–H groups in total. The summed E-state index contributed by atoms with van der Waals surface area (Å²) in [5, 5.41) is 11.1. The van der Waals surface area contributed by atoms with Crippen molar-refractivity contribution in [1.29, 1.82) is 0 Å². The van der Waals surface area contributed by atoms with E-state index >= 15 is 0 Å². The predicted octanol–water partition coefficient (Wildman–Crippen LogP) is 2.33. The molecule has 2 amide bonds. The van der Waals surface area contributed by atoms with Crippen molar-refractivity contribution in [3.63, 3.8) is 0 Å². The van der Waals surface area contributed by atoms with Gasteiger partial charge in [0.05, 0.1) is 12.7 Å². The van der Waals surface area contributed by atoms with E-state index in [2.05, 4.69) is 4.90 Å². The largest absolute Gasteiger partial charge is 0.496 e. The van der Waals surface area contributed by atoms with Gasteiger partial charge in [0, 0.05) is 38.0 Å². The van der Waals surface area contributed by atoms with Crippen LogP contribution in [0.2, 0.25) is 0 Å². The van der Waals surface area contributed by atoms with Crippen molar-refractivity contribution in [2.24, 2.45) is 0 Å². The van der Waals surface area contributed by atoms with Crippen LogP contribution in [0.15, 0.2) is 24.3 Å².